The van der Waals surface area contributed by atoms with Gasteiger partial charge >= 0.3 is 5.97 Å². The van der Waals surface area contributed by atoms with Crippen LogP contribution in [0.4, 0.5) is 0 Å². The SMILES string of the molecule is C=C(CN1CCC(=C2c3ccc(C)cc3COc3ccccc32)CC1)C(=O)O. The van der Waals surface area contributed by atoms with E-state index in [1.165, 1.54) is 27.8 Å². The first-order valence-electron chi connectivity index (χ1n) is 9.70. The molecule has 2 aliphatic rings. The molecule has 0 aromatic heterocycles. The van der Waals surface area contributed by atoms with Gasteiger partial charge in [0.2, 0.25) is 0 Å². The van der Waals surface area contributed by atoms with Crippen molar-refractivity contribution in [3.05, 3.63) is 82.4 Å². The smallest absolute Gasteiger partial charge is 0.332 e. The van der Waals surface area contributed by atoms with E-state index in [9.17, 15) is 4.79 Å². The van der Waals surface area contributed by atoms with E-state index in [4.69, 9.17) is 9.84 Å². The summed E-state index contributed by atoms with van der Waals surface area (Å²) in [5, 5.41) is 9.09. The summed E-state index contributed by atoms with van der Waals surface area (Å²) in [6.45, 7) is 8.47. The molecule has 0 radical (unpaired) electrons. The summed E-state index contributed by atoms with van der Waals surface area (Å²) >= 11 is 0. The van der Waals surface area contributed by atoms with Crippen LogP contribution in [0.1, 0.15) is 35.1 Å². The number of piperidine rings is 1. The first-order valence-corrected chi connectivity index (χ1v) is 9.70. The number of carboxylic acids is 1. The van der Waals surface area contributed by atoms with Gasteiger partial charge in [0.05, 0.1) is 0 Å². The van der Waals surface area contributed by atoms with Crippen LogP contribution in [0.15, 0.2) is 60.2 Å². The molecule has 0 saturated carbocycles. The summed E-state index contributed by atoms with van der Waals surface area (Å²) in [7, 11) is 0. The summed E-state index contributed by atoms with van der Waals surface area (Å²) in [6.07, 6.45) is 1.84. The van der Waals surface area contributed by atoms with Crippen molar-refractivity contribution in [1.82, 2.24) is 4.90 Å². The van der Waals surface area contributed by atoms with E-state index in [-0.39, 0.29) is 5.57 Å². The van der Waals surface area contributed by atoms with Gasteiger partial charge in [0.1, 0.15) is 12.4 Å². The fourth-order valence-corrected chi connectivity index (χ4v) is 4.13. The van der Waals surface area contributed by atoms with Crippen molar-refractivity contribution in [2.45, 2.75) is 26.4 Å². The third kappa shape index (κ3) is 3.60. The number of nitrogens with zero attached hydrogens (tertiary/aromatic N) is 1. The van der Waals surface area contributed by atoms with Crippen molar-refractivity contribution in [1.29, 1.82) is 0 Å². The van der Waals surface area contributed by atoms with Crippen molar-refractivity contribution in [3.8, 4) is 5.75 Å². The molecule has 144 valence electrons. The van der Waals surface area contributed by atoms with Crippen LogP contribution in [-0.4, -0.2) is 35.6 Å². The lowest BCUT2D eigenvalue weighted by Crippen LogP contribution is -2.33. The second-order valence-electron chi connectivity index (χ2n) is 7.61. The number of fused-ring (bicyclic) bond motifs is 2. The molecule has 1 fully saturated rings. The first kappa shape index (κ1) is 18.5. The second-order valence-corrected chi connectivity index (χ2v) is 7.61. The first-order chi connectivity index (χ1) is 13.5. The predicted octanol–water partition coefficient (Wildman–Crippen LogP) is 4.43. The van der Waals surface area contributed by atoms with Gasteiger partial charge in [-0.1, -0.05) is 54.1 Å². The summed E-state index contributed by atoms with van der Waals surface area (Å²) in [4.78, 5) is 13.3. The van der Waals surface area contributed by atoms with Gasteiger partial charge in [-0.15, -0.1) is 0 Å². The summed E-state index contributed by atoms with van der Waals surface area (Å²) in [5.74, 6) is 0.0174. The summed E-state index contributed by atoms with van der Waals surface area (Å²) in [5.41, 5.74) is 7.84. The molecule has 0 spiro atoms. The maximum Gasteiger partial charge on any atom is 0.332 e. The van der Waals surface area contributed by atoms with E-state index in [1.807, 2.05) is 12.1 Å². The molecule has 4 nitrogen and oxygen atoms in total. The number of carbonyl (C=O) groups is 1. The molecule has 4 rings (SSSR count). The van der Waals surface area contributed by atoms with Crippen LogP contribution >= 0.6 is 0 Å². The lowest BCUT2D eigenvalue weighted by atomic mass is 9.86. The van der Waals surface area contributed by atoms with E-state index in [2.05, 4.69) is 48.7 Å². The minimum absolute atomic E-state index is 0.255. The Labute approximate surface area is 165 Å². The standard InChI is InChI=1S/C24H25NO3/c1-16-7-8-20-19(13-16)15-28-22-6-4-3-5-21(22)23(20)18-9-11-25(12-10-18)14-17(2)24(26)27/h3-8,13H,2,9-12,14-15H2,1H3,(H,26,27). The molecule has 0 atom stereocenters. The third-order valence-corrected chi connectivity index (χ3v) is 5.60. The topological polar surface area (TPSA) is 49.8 Å². The maximum absolute atomic E-state index is 11.1. The fourth-order valence-electron chi connectivity index (χ4n) is 4.13. The van der Waals surface area contributed by atoms with Crippen LogP contribution in [0, 0.1) is 6.92 Å². The number of aryl methyl sites for hydroxylation is 1. The average Bonchev–Trinajstić information content (AvgIpc) is 2.85. The number of hydrogen-bond acceptors (Lipinski definition) is 3. The Hall–Kier alpha value is -2.85. The van der Waals surface area contributed by atoms with Gasteiger partial charge in [-0.3, -0.25) is 4.90 Å². The van der Waals surface area contributed by atoms with E-state index >= 15 is 0 Å². The van der Waals surface area contributed by atoms with Gasteiger partial charge < -0.3 is 9.84 Å². The third-order valence-electron chi connectivity index (χ3n) is 5.60. The molecule has 0 amide bonds. The maximum atomic E-state index is 11.1. The highest BCUT2D eigenvalue weighted by atomic mass is 16.5. The monoisotopic (exact) mass is 375 g/mol. The summed E-state index contributed by atoms with van der Waals surface area (Å²) < 4.78 is 6.13. The molecule has 2 aromatic carbocycles. The highest BCUT2D eigenvalue weighted by molar-refractivity contribution is 5.87. The van der Waals surface area contributed by atoms with Crippen molar-refractivity contribution in [3.63, 3.8) is 0 Å². The number of hydrogen-bond donors (Lipinski definition) is 1. The second kappa shape index (κ2) is 7.64. The van der Waals surface area contributed by atoms with Crippen LogP contribution in [0.2, 0.25) is 0 Å². The lowest BCUT2D eigenvalue weighted by Gasteiger charge is -2.30. The fraction of sp³-hybridized carbons (Fsp3) is 0.292. The van der Waals surface area contributed by atoms with Gasteiger partial charge in [-0.2, -0.15) is 0 Å². The van der Waals surface area contributed by atoms with Crippen LogP contribution < -0.4 is 4.74 Å². The van der Waals surface area contributed by atoms with Crippen molar-refractivity contribution in [2.24, 2.45) is 0 Å². The zero-order valence-corrected chi connectivity index (χ0v) is 16.2. The molecule has 4 heteroatoms. The molecule has 2 aromatic rings. The van der Waals surface area contributed by atoms with Gasteiger partial charge in [0.15, 0.2) is 0 Å². The van der Waals surface area contributed by atoms with Gasteiger partial charge in [0, 0.05) is 30.8 Å². The minimum atomic E-state index is -0.914. The minimum Gasteiger partial charge on any atom is -0.488 e. The predicted molar refractivity (Wildman–Crippen MR) is 110 cm³/mol. The number of rotatable bonds is 3. The Balaban J connectivity index is 1.71. The van der Waals surface area contributed by atoms with Crippen molar-refractivity contribution in [2.75, 3.05) is 19.6 Å². The highest BCUT2D eigenvalue weighted by Gasteiger charge is 2.25. The van der Waals surface area contributed by atoms with Crippen LogP contribution in [0.3, 0.4) is 0 Å². The molecule has 0 bridgehead atoms. The van der Waals surface area contributed by atoms with E-state index in [0.717, 1.165) is 37.2 Å². The Bertz CT molecular complexity index is 964. The van der Waals surface area contributed by atoms with Crippen LogP contribution in [0.5, 0.6) is 5.75 Å². The molecule has 1 saturated heterocycles. The molecule has 2 aliphatic heterocycles. The molecule has 0 aliphatic carbocycles. The molecule has 28 heavy (non-hydrogen) atoms. The van der Waals surface area contributed by atoms with Crippen molar-refractivity contribution < 1.29 is 14.6 Å². The van der Waals surface area contributed by atoms with Gasteiger partial charge in [-0.05, 0) is 42.5 Å². The zero-order valence-electron chi connectivity index (χ0n) is 16.2. The Kier molecular flexibility index (Phi) is 5.05. The van der Waals surface area contributed by atoms with Crippen molar-refractivity contribution >= 4 is 11.5 Å². The molecule has 0 unspecified atom stereocenters. The average molecular weight is 375 g/mol. The zero-order chi connectivity index (χ0) is 19.7. The summed E-state index contributed by atoms with van der Waals surface area (Å²) in [6, 6.07) is 14.9. The van der Waals surface area contributed by atoms with E-state index in [1.54, 1.807) is 0 Å². The number of likely N-dealkylation sites (tertiary alicyclic amines) is 1. The lowest BCUT2D eigenvalue weighted by molar-refractivity contribution is -0.132. The Morgan fingerprint density at radius 3 is 2.64 bits per heavy atom. The molecular formula is C24H25NO3. The Morgan fingerprint density at radius 2 is 1.89 bits per heavy atom. The Morgan fingerprint density at radius 1 is 1.14 bits per heavy atom. The van der Waals surface area contributed by atoms with Gasteiger partial charge in [0.25, 0.3) is 0 Å². The van der Waals surface area contributed by atoms with Gasteiger partial charge in [-0.25, -0.2) is 4.79 Å². The van der Waals surface area contributed by atoms with Crippen LogP contribution in [0.25, 0.3) is 5.57 Å². The quantitative estimate of drug-likeness (QED) is 0.807. The normalized spacial score (nSPS) is 16.6. The number of para-hydroxylation sites is 1. The van der Waals surface area contributed by atoms with Crippen LogP contribution in [-0.2, 0) is 11.4 Å². The van der Waals surface area contributed by atoms with E-state index in [0.29, 0.717) is 13.2 Å². The molecular weight excluding hydrogens is 350 g/mol. The largest absolute Gasteiger partial charge is 0.488 e. The number of aliphatic carboxylic acids is 1. The molecule has 2 heterocycles. The molecule has 1 N–H and O–H groups in total. The number of ether oxygens (including phenoxy) is 1. The number of carboxylic acid groups (broad SMARTS) is 1. The number of benzene rings is 2. The highest BCUT2D eigenvalue weighted by Crippen LogP contribution is 2.41. The van der Waals surface area contributed by atoms with E-state index < -0.39 is 5.97 Å².